The van der Waals surface area contributed by atoms with Crippen LogP contribution in [0.2, 0.25) is 0 Å². The third-order valence-electron chi connectivity index (χ3n) is 12.3. The molecule has 0 aliphatic carbocycles. The van der Waals surface area contributed by atoms with Gasteiger partial charge >= 0.3 is 17.9 Å². The standard InChI is InChI=1S/C64H108O6/c1-4-7-10-13-16-19-21-23-25-27-28-29-30-31-32-33-34-35-36-37-39-40-42-45-48-51-54-57-63(66)69-60-61(59-68-62(65)56-53-50-47-44-18-15-12-9-6-3)70-64(67)58-55-52-49-46-43-41-38-26-24-22-20-17-14-11-8-5-2/h7,10,16,19-20,22-23,25-26,28-29,31-32,34-35,38,61H,4-6,8-9,11-15,17-18,21,24,27,30,33,36-37,39-60H2,1-3H3/b10-7-,19-16-,22-20-,25-23-,29-28-,32-31-,35-34-,38-26-. The smallest absolute Gasteiger partial charge is 0.306 e. The molecule has 0 saturated carbocycles. The third kappa shape index (κ3) is 55.3. The summed E-state index contributed by atoms with van der Waals surface area (Å²) in [5.74, 6) is -0.906. The highest BCUT2D eigenvalue weighted by molar-refractivity contribution is 5.71. The van der Waals surface area contributed by atoms with E-state index in [0.29, 0.717) is 19.3 Å². The maximum atomic E-state index is 12.8. The van der Waals surface area contributed by atoms with Crippen LogP contribution in [0.1, 0.15) is 271 Å². The molecule has 0 fully saturated rings. The Morgan fingerprint density at radius 3 is 0.886 bits per heavy atom. The second kappa shape index (κ2) is 57.9. The van der Waals surface area contributed by atoms with E-state index in [2.05, 4.69) is 118 Å². The maximum Gasteiger partial charge on any atom is 0.306 e. The number of hydrogen-bond acceptors (Lipinski definition) is 6. The van der Waals surface area contributed by atoms with Gasteiger partial charge in [-0.3, -0.25) is 14.4 Å². The molecule has 0 aliphatic heterocycles. The minimum absolute atomic E-state index is 0.0844. The number of hydrogen-bond donors (Lipinski definition) is 0. The summed E-state index contributed by atoms with van der Waals surface area (Å²) in [5.41, 5.74) is 0. The SMILES string of the molecule is CC/C=C\C/C=C\C/C=C\C/C=C\C/C=C\C/C=C\CCCCCCCCCCC(=O)OCC(COC(=O)CCCCCCCCCCC)OC(=O)CCCCCCC/C=C\C/C=C\CCCCCC. The first-order valence-corrected chi connectivity index (χ1v) is 29.2. The Morgan fingerprint density at radius 1 is 0.300 bits per heavy atom. The lowest BCUT2D eigenvalue weighted by Crippen LogP contribution is -2.30. The predicted octanol–water partition coefficient (Wildman–Crippen LogP) is 19.7. The van der Waals surface area contributed by atoms with Crippen molar-refractivity contribution in [2.24, 2.45) is 0 Å². The maximum absolute atomic E-state index is 12.8. The van der Waals surface area contributed by atoms with Crippen molar-refractivity contribution in [1.29, 1.82) is 0 Å². The van der Waals surface area contributed by atoms with Gasteiger partial charge in [0.2, 0.25) is 0 Å². The quantitative estimate of drug-likeness (QED) is 0.0262. The molecular weight excluding hydrogens is 865 g/mol. The molecule has 0 N–H and O–H groups in total. The molecule has 0 heterocycles. The largest absolute Gasteiger partial charge is 0.462 e. The van der Waals surface area contributed by atoms with E-state index in [-0.39, 0.29) is 31.1 Å². The summed E-state index contributed by atoms with van der Waals surface area (Å²) in [4.78, 5) is 38.0. The summed E-state index contributed by atoms with van der Waals surface area (Å²) in [7, 11) is 0. The first kappa shape index (κ1) is 66.3. The fraction of sp³-hybridized carbons (Fsp3) is 0.703. The molecule has 1 atom stereocenters. The van der Waals surface area contributed by atoms with Crippen LogP contribution in [0.5, 0.6) is 0 Å². The van der Waals surface area contributed by atoms with Gasteiger partial charge in [0, 0.05) is 19.3 Å². The van der Waals surface area contributed by atoms with Crippen molar-refractivity contribution in [3.05, 3.63) is 97.2 Å². The Balaban J connectivity index is 4.27. The van der Waals surface area contributed by atoms with Gasteiger partial charge in [-0.1, -0.05) is 246 Å². The molecule has 0 amide bonds. The van der Waals surface area contributed by atoms with Gasteiger partial charge in [0.15, 0.2) is 6.10 Å². The van der Waals surface area contributed by atoms with Crippen LogP contribution < -0.4 is 0 Å². The van der Waals surface area contributed by atoms with Crippen LogP contribution in [0, 0.1) is 0 Å². The van der Waals surface area contributed by atoms with Crippen LogP contribution in [0.15, 0.2) is 97.2 Å². The molecule has 0 saturated heterocycles. The molecule has 0 aliphatic rings. The number of unbranched alkanes of at least 4 members (excludes halogenated alkanes) is 25. The zero-order valence-electron chi connectivity index (χ0n) is 45.8. The molecule has 0 aromatic rings. The minimum atomic E-state index is -0.786. The van der Waals surface area contributed by atoms with Crippen molar-refractivity contribution >= 4 is 17.9 Å². The molecule has 400 valence electrons. The number of carbonyl (C=O) groups is 3. The Kier molecular flexibility index (Phi) is 54.9. The van der Waals surface area contributed by atoms with Gasteiger partial charge in [-0.05, 0) is 103 Å². The lowest BCUT2D eigenvalue weighted by atomic mass is 10.1. The van der Waals surface area contributed by atoms with Crippen molar-refractivity contribution in [2.75, 3.05) is 13.2 Å². The topological polar surface area (TPSA) is 78.9 Å². The molecule has 0 radical (unpaired) electrons. The summed E-state index contributed by atoms with van der Waals surface area (Å²) in [6.07, 6.45) is 76.9. The van der Waals surface area contributed by atoms with E-state index in [0.717, 1.165) is 128 Å². The number of ether oxygens (including phenoxy) is 3. The van der Waals surface area contributed by atoms with Crippen molar-refractivity contribution in [3.63, 3.8) is 0 Å². The monoisotopic (exact) mass is 973 g/mol. The highest BCUT2D eigenvalue weighted by atomic mass is 16.6. The van der Waals surface area contributed by atoms with Crippen LogP contribution >= 0.6 is 0 Å². The van der Waals surface area contributed by atoms with E-state index in [4.69, 9.17) is 14.2 Å². The normalized spacial score (nSPS) is 12.8. The fourth-order valence-corrected chi connectivity index (χ4v) is 7.95. The summed E-state index contributed by atoms with van der Waals surface area (Å²) in [6.45, 7) is 6.48. The molecular formula is C64H108O6. The fourth-order valence-electron chi connectivity index (χ4n) is 7.95. The highest BCUT2D eigenvalue weighted by Crippen LogP contribution is 2.15. The molecule has 6 nitrogen and oxygen atoms in total. The van der Waals surface area contributed by atoms with Gasteiger partial charge in [0.25, 0.3) is 0 Å². The number of carbonyl (C=O) groups excluding carboxylic acids is 3. The number of rotatable bonds is 52. The van der Waals surface area contributed by atoms with Crippen molar-refractivity contribution < 1.29 is 28.6 Å². The molecule has 0 rings (SSSR count). The van der Waals surface area contributed by atoms with Gasteiger partial charge in [0.05, 0.1) is 0 Å². The van der Waals surface area contributed by atoms with Gasteiger partial charge in [-0.2, -0.15) is 0 Å². The van der Waals surface area contributed by atoms with E-state index in [1.54, 1.807) is 0 Å². The number of esters is 3. The Labute approximate surface area is 432 Å². The average molecular weight is 974 g/mol. The highest BCUT2D eigenvalue weighted by Gasteiger charge is 2.19. The van der Waals surface area contributed by atoms with E-state index in [1.165, 1.54) is 103 Å². The van der Waals surface area contributed by atoms with Crippen LogP contribution in [-0.4, -0.2) is 37.2 Å². The second-order valence-electron chi connectivity index (χ2n) is 19.2. The van der Waals surface area contributed by atoms with E-state index >= 15 is 0 Å². The van der Waals surface area contributed by atoms with E-state index in [1.807, 2.05) is 0 Å². The average Bonchev–Trinajstić information content (AvgIpc) is 3.36. The Morgan fingerprint density at radius 2 is 0.557 bits per heavy atom. The third-order valence-corrected chi connectivity index (χ3v) is 12.3. The zero-order chi connectivity index (χ0) is 50.7. The van der Waals surface area contributed by atoms with Crippen LogP contribution in [0.3, 0.4) is 0 Å². The van der Waals surface area contributed by atoms with Gasteiger partial charge in [-0.15, -0.1) is 0 Å². The Bertz CT molecular complexity index is 1400. The summed E-state index contributed by atoms with van der Waals surface area (Å²) in [5, 5.41) is 0. The second-order valence-corrected chi connectivity index (χ2v) is 19.2. The lowest BCUT2D eigenvalue weighted by molar-refractivity contribution is -0.167. The van der Waals surface area contributed by atoms with Gasteiger partial charge in [-0.25, -0.2) is 0 Å². The summed E-state index contributed by atoms with van der Waals surface area (Å²) >= 11 is 0. The van der Waals surface area contributed by atoms with Gasteiger partial charge < -0.3 is 14.2 Å². The zero-order valence-corrected chi connectivity index (χ0v) is 45.8. The minimum Gasteiger partial charge on any atom is -0.462 e. The van der Waals surface area contributed by atoms with E-state index in [9.17, 15) is 14.4 Å². The molecule has 0 spiro atoms. The Hall–Kier alpha value is -3.67. The molecule has 70 heavy (non-hydrogen) atoms. The molecule has 0 aromatic heterocycles. The first-order valence-electron chi connectivity index (χ1n) is 29.2. The molecule has 0 aromatic carbocycles. The molecule has 6 heteroatoms. The van der Waals surface area contributed by atoms with Crippen molar-refractivity contribution in [2.45, 2.75) is 277 Å². The molecule has 0 bridgehead atoms. The van der Waals surface area contributed by atoms with E-state index < -0.39 is 6.10 Å². The number of allylic oxidation sites excluding steroid dienone is 16. The predicted molar refractivity (Wildman–Crippen MR) is 302 cm³/mol. The van der Waals surface area contributed by atoms with Crippen LogP contribution in [0.25, 0.3) is 0 Å². The van der Waals surface area contributed by atoms with Crippen molar-refractivity contribution in [1.82, 2.24) is 0 Å². The first-order chi connectivity index (χ1) is 34.5. The van der Waals surface area contributed by atoms with Gasteiger partial charge in [0.1, 0.15) is 13.2 Å². The summed E-state index contributed by atoms with van der Waals surface area (Å²) < 4.78 is 16.8. The summed E-state index contributed by atoms with van der Waals surface area (Å²) in [6, 6.07) is 0. The van der Waals surface area contributed by atoms with Crippen molar-refractivity contribution in [3.8, 4) is 0 Å². The van der Waals surface area contributed by atoms with Crippen LogP contribution in [-0.2, 0) is 28.6 Å². The lowest BCUT2D eigenvalue weighted by Gasteiger charge is -2.18. The molecule has 1 unspecified atom stereocenters. The van der Waals surface area contributed by atoms with Crippen LogP contribution in [0.4, 0.5) is 0 Å².